The van der Waals surface area contributed by atoms with Gasteiger partial charge in [-0.3, -0.25) is 9.59 Å². The molecule has 2 aromatic rings. The highest BCUT2D eigenvalue weighted by molar-refractivity contribution is 6.25. The smallest absolute Gasteiger partial charge is 0.271 e. The van der Waals surface area contributed by atoms with E-state index in [9.17, 15) is 9.59 Å². The molecule has 162 valence electrons. The Balaban J connectivity index is 1.70. The molecule has 0 radical (unpaired) electrons. The van der Waals surface area contributed by atoms with E-state index in [0.29, 0.717) is 12.1 Å². The first-order chi connectivity index (χ1) is 14.8. The first-order valence-electron chi connectivity index (χ1n) is 11.6. The summed E-state index contributed by atoms with van der Waals surface area (Å²) in [5, 5.41) is 0. The molecule has 3 atom stereocenters. The molecule has 4 fully saturated rings. The van der Waals surface area contributed by atoms with Crippen LogP contribution >= 0.6 is 0 Å². The third-order valence-electron chi connectivity index (χ3n) is 7.43. The van der Waals surface area contributed by atoms with Crippen molar-refractivity contribution in [3.63, 3.8) is 0 Å². The SMILES string of the molecule is CC(C)(C)c1ccccc1N1C(=O)[C@]2(c3ccccc3)O[C@]3(CCCCCC[C@@H]23)C1=O. The van der Waals surface area contributed by atoms with Gasteiger partial charge in [-0.05, 0) is 35.4 Å². The van der Waals surface area contributed by atoms with Crippen molar-refractivity contribution >= 4 is 17.5 Å². The van der Waals surface area contributed by atoms with E-state index in [-0.39, 0.29) is 23.1 Å². The van der Waals surface area contributed by atoms with Gasteiger partial charge in [0, 0.05) is 5.92 Å². The van der Waals surface area contributed by atoms with Gasteiger partial charge in [0.15, 0.2) is 11.2 Å². The summed E-state index contributed by atoms with van der Waals surface area (Å²) in [6.07, 6.45) is 5.78. The molecule has 4 heteroatoms. The van der Waals surface area contributed by atoms with Gasteiger partial charge in [0.25, 0.3) is 11.8 Å². The molecule has 31 heavy (non-hydrogen) atoms. The maximum Gasteiger partial charge on any atom is 0.271 e. The molecule has 2 bridgehead atoms. The fourth-order valence-electron chi connectivity index (χ4n) is 5.98. The van der Waals surface area contributed by atoms with E-state index in [1.54, 1.807) is 0 Å². The van der Waals surface area contributed by atoms with Crippen LogP contribution in [0.5, 0.6) is 0 Å². The van der Waals surface area contributed by atoms with Gasteiger partial charge in [0.2, 0.25) is 0 Å². The van der Waals surface area contributed by atoms with E-state index in [0.717, 1.165) is 43.2 Å². The topological polar surface area (TPSA) is 46.6 Å². The zero-order valence-corrected chi connectivity index (χ0v) is 18.7. The van der Waals surface area contributed by atoms with Crippen molar-refractivity contribution in [1.82, 2.24) is 0 Å². The number of para-hydroxylation sites is 1. The predicted molar refractivity (Wildman–Crippen MR) is 121 cm³/mol. The molecule has 3 heterocycles. The summed E-state index contributed by atoms with van der Waals surface area (Å²) in [6.45, 7) is 6.35. The summed E-state index contributed by atoms with van der Waals surface area (Å²) in [7, 11) is 0. The van der Waals surface area contributed by atoms with Crippen LogP contribution in [0.15, 0.2) is 54.6 Å². The zero-order valence-electron chi connectivity index (χ0n) is 18.7. The zero-order chi connectivity index (χ0) is 21.9. The van der Waals surface area contributed by atoms with E-state index in [4.69, 9.17) is 4.74 Å². The van der Waals surface area contributed by atoms with Crippen LogP contribution in [0, 0.1) is 5.92 Å². The van der Waals surface area contributed by atoms with Crippen LogP contribution < -0.4 is 4.90 Å². The van der Waals surface area contributed by atoms with Crippen LogP contribution in [0.2, 0.25) is 0 Å². The largest absolute Gasteiger partial charge is 0.343 e. The van der Waals surface area contributed by atoms with Gasteiger partial charge in [-0.2, -0.15) is 0 Å². The third kappa shape index (κ3) is 2.77. The summed E-state index contributed by atoms with van der Waals surface area (Å²) >= 11 is 0. The first kappa shape index (κ1) is 20.4. The molecular weight excluding hydrogens is 386 g/mol. The van der Waals surface area contributed by atoms with Crippen LogP contribution in [-0.2, 0) is 25.3 Å². The standard InChI is InChI=1S/C27H31NO3/c1-25(2,3)20-15-10-11-16-21(20)28-23(29)26-18-12-5-4-9-17-22(26)27(31-26,24(28)30)19-13-7-6-8-14-19/h6-8,10-11,13-16,22H,4-5,9,12,17-18H2,1-3H3/t22-,26+,27-/m1/s1. The number of imide groups is 1. The average molecular weight is 418 g/mol. The third-order valence-corrected chi connectivity index (χ3v) is 7.43. The molecule has 3 saturated heterocycles. The van der Waals surface area contributed by atoms with Crippen LogP contribution in [0.1, 0.15) is 70.4 Å². The summed E-state index contributed by atoms with van der Waals surface area (Å²) in [5.74, 6) is -0.493. The number of piperidine rings is 1. The molecule has 4 nitrogen and oxygen atoms in total. The Labute approximate surface area is 184 Å². The minimum absolute atomic E-state index is 0.0965. The maximum atomic E-state index is 14.2. The highest BCUT2D eigenvalue weighted by Crippen LogP contribution is 2.63. The Kier molecular flexibility index (Phi) is 4.63. The number of anilines is 1. The lowest BCUT2D eigenvalue weighted by Gasteiger charge is -2.66. The van der Waals surface area contributed by atoms with Gasteiger partial charge >= 0.3 is 0 Å². The lowest BCUT2D eigenvalue weighted by molar-refractivity contribution is -0.315. The van der Waals surface area contributed by atoms with Gasteiger partial charge < -0.3 is 4.74 Å². The van der Waals surface area contributed by atoms with Crippen LogP contribution in [0.3, 0.4) is 0 Å². The first-order valence-corrected chi connectivity index (χ1v) is 11.6. The lowest BCUT2D eigenvalue weighted by Crippen LogP contribution is -2.82. The molecule has 3 aliphatic heterocycles. The molecule has 4 aliphatic rings. The molecule has 0 aromatic heterocycles. The fraction of sp³-hybridized carbons (Fsp3) is 0.481. The van der Waals surface area contributed by atoms with Gasteiger partial charge in [-0.25, -0.2) is 4.90 Å². The Morgan fingerprint density at radius 3 is 2.29 bits per heavy atom. The minimum Gasteiger partial charge on any atom is -0.343 e. The van der Waals surface area contributed by atoms with E-state index >= 15 is 0 Å². The second kappa shape index (κ2) is 7.03. The number of benzene rings is 2. The molecule has 1 spiro atoms. The number of nitrogens with zero attached hydrogens (tertiary/aromatic N) is 1. The normalized spacial score (nSPS) is 30.8. The monoisotopic (exact) mass is 417 g/mol. The summed E-state index contributed by atoms with van der Waals surface area (Å²) < 4.78 is 6.54. The Morgan fingerprint density at radius 2 is 1.55 bits per heavy atom. The number of carbonyl (C=O) groups excluding carboxylic acids is 2. The minimum atomic E-state index is -1.07. The predicted octanol–water partition coefficient (Wildman–Crippen LogP) is 5.49. The van der Waals surface area contributed by atoms with Crippen molar-refractivity contribution in [1.29, 1.82) is 0 Å². The van der Waals surface area contributed by atoms with Crippen LogP contribution in [0.4, 0.5) is 5.69 Å². The molecule has 6 rings (SSSR count). The molecule has 1 aliphatic carbocycles. The number of hydrogen-bond acceptors (Lipinski definition) is 3. The summed E-state index contributed by atoms with van der Waals surface area (Å²) in [4.78, 5) is 29.7. The van der Waals surface area contributed by atoms with Gasteiger partial charge in [-0.1, -0.05) is 95.0 Å². The second-order valence-electron chi connectivity index (χ2n) is 10.3. The summed E-state index contributed by atoms with van der Waals surface area (Å²) in [6, 6.07) is 17.6. The molecular formula is C27H31NO3. The van der Waals surface area contributed by atoms with Crippen molar-refractivity contribution in [2.24, 2.45) is 5.92 Å². The van der Waals surface area contributed by atoms with Crippen molar-refractivity contribution in [3.8, 4) is 0 Å². The second-order valence-corrected chi connectivity index (χ2v) is 10.3. The highest BCUT2D eigenvalue weighted by atomic mass is 16.6. The van der Waals surface area contributed by atoms with E-state index in [1.807, 2.05) is 54.6 Å². The number of carbonyl (C=O) groups is 2. The number of ether oxygens (including phenoxy) is 1. The van der Waals surface area contributed by atoms with Crippen molar-refractivity contribution in [3.05, 3.63) is 65.7 Å². The molecule has 2 amide bonds. The number of rotatable bonds is 2. The average Bonchev–Trinajstić information content (AvgIpc) is 2.73. The summed E-state index contributed by atoms with van der Waals surface area (Å²) in [5.41, 5.74) is 0.407. The van der Waals surface area contributed by atoms with Gasteiger partial charge in [0.05, 0.1) is 5.69 Å². The molecule has 2 aromatic carbocycles. The highest BCUT2D eigenvalue weighted by Gasteiger charge is 2.78. The van der Waals surface area contributed by atoms with Crippen molar-refractivity contribution in [2.45, 2.75) is 75.9 Å². The van der Waals surface area contributed by atoms with Crippen LogP contribution in [0.25, 0.3) is 0 Å². The quantitative estimate of drug-likeness (QED) is 0.607. The molecule has 0 N–H and O–H groups in total. The van der Waals surface area contributed by atoms with Gasteiger partial charge in [-0.15, -0.1) is 0 Å². The van der Waals surface area contributed by atoms with Crippen molar-refractivity contribution < 1.29 is 14.3 Å². The fourth-order valence-corrected chi connectivity index (χ4v) is 5.98. The number of amides is 2. The Morgan fingerprint density at radius 1 is 0.871 bits per heavy atom. The number of fused-ring (bicyclic) bond motifs is 2. The van der Waals surface area contributed by atoms with Crippen molar-refractivity contribution in [2.75, 3.05) is 4.90 Å². The Hall–Kier alpha value is -2.46. The molecule has 0 unspecified atom stereocenters. The number of morpholine rings is 1. The number of hydrogen-bond donors (Lipinski definition) is 0. The van der Waals surface area contributed by atoms with E-state index in [1.165, 1.54) is 4.90 Å². The van der Waals surface area contributed by atoms with E-state index in [2.05, 4.69) is 20.8 Å². The van der Waals surface area contributed by atoms with E-state index < -0.39 is 11.2 Å². The molecule has 1 saturated carbocycles. The Bertz CT molecular complexity index is 1020. The maximum absolute atomic E-state index is 14.2. The van der Waals surface area contributed by atoms with Crippen LogP contribution in [-0.4, -0.2) is 17.4 Å². The van der Waals surface area contributed by atoms with Gasteiger partial charge in [0.1, 0.15) is 0 Å². The lowest BCUT2D eigenvalue weighted by atomic mass is 9.57.